The fraction of sp³-hybridized carbons (Fsp3) is 0.400. The van der Waals surface area contributed by atoms with E-state index in [9.17, 15) is 14.4 Å². The lowest BCUT2D eigenvalue weighted by Gasteiger charge is -2.38. The van der Waals surface area contributed by atoms with Crippen LogP contribution in [0.5, 0.6) is 0 Å². The van der Waals surface area contributed by atoms with Gasteiger partial charge in [-0.05, 0) is 23.6 Å². The Kier molecular flexibility index (Phi) is 5.06. The number of rotatable bonds is 5. The average molecular weight is 409 g/mol. The van der Waals surface area contributed by atoms with Crippen LogP contribution in [0, 0.1) is 0 Å². The molecule has 0 radical (unpaired) electrons. The average Bonchev–Trinajstić information content (AvgIpc) is 3.11. The molecule has 2 amide bonds. The zero-order chi connectivity index (χ0) is 21.4. The van der Waals surface area contributed by atoms with E-state index in [4.69, 9.17) is 0 Å². The van der Waals surface area contributed by atoms with Gasteiger partial charge in [0.2, 0.25) is 11.8 Å². The van der Waals surface area contributed by atoms with Gasteiger partial charge in [-0.25, -0.2) is 14.6 Å². The lowest BCUT2D eigenvalue weighted by Crippen LogP contribution is -2.49. The number of hydrogen-bond acceptors (Lipinski definition) is 6. The fourth-order valence-electron chi connectivity index (χ4n) is 3.47. The fourth-order valence-corrected chi connectivity index (χ4v) is 3.47. The van der Waals surface area contributed by atoms with Crippen LogP contribution >= 0.6 is 0 Å². The molecule has 30 heavy (non-hydrogen) atoms. The molecule has 1 aliphatic rings. The van der Waals surface area contributed by atoms with Gasteiger partial charge >= 0.3 is 0 Å². The molecule has 0 bridgehead atoms. The number of nitrogens with one attached hydrogen (secondary N) is 1. The Hall–Kier alpha value is -3.56. The van der Waals surface area contributed by atoms with E-state index in [0.29, 0.717) is 30.2 Å². The standard InChI is InChI=1S/C20H23N7O3/c1-12(2)14-6-16-20(30)27(10-18(29)23-17-4-5-21-11-22-17)24-19(26(16)9-14)15-7-25(8-15)13(3)28/h4-6,9,11-12,15H,7-8,10H2,1-3H3,(H,21,22,23,29). The molecule has 0 unspecified atom stereocenters. The normalized spacial score (nSPS) is 14.2. The quantitative estimate of drug-likeness (QED) is 0.672. The van der Waals surface area contributed by atoms with Crippen LogP contribution in [-0.4, -0.2) is 54.0 Å². The predicted molar refractivity (Wildman–Crippen MR) is 109 cm³/mol. The van der Waals surface area contributed by atoms with Gasteiger partial charge in [-0.15, -0.1) is 0 Å². The summed E-state index contributed by atoms with van der Waals surface area (Å²) in [6, 6.07) is 3.41. The number of aromatic nitrogens is 5. The molecule has 10 heteroatoms. The molecule has 1 fully saturated rings. The Morgan fingerprint density at radius 1 is 1.30 bits per heavy atom. The van der Waals surface area contributed by atoms with Gasteiger partial charge in [-0.3, -0.25) is 18.8 Å². The van der Waals surface area contributed by atoms with Crippen molar-refractivity contribution in [3.8, 4) is 0 Å². The van der Waals surface area contributed by atoms with Gasteiger partial charge in [0.15, 0.2) is 0 Å². The Labute approximate surface area is 172 Å². The van der Waals surface area contributed by atoms with Crippen molar-refractivity contribution in [1.82, 2.24) is 29.0 Å². The smallest absolute Gasteiger partial charge is 0.291 e. The number of hydrogen-bond donors (Lipinski definition) is 1. The second kappa shape index (κ2) is 7.69. The number of amides is 2. The van der Waals surface area contributed by atoms with E-state index >= 15 is 0 Å². The number of carbonyl (C=O) groups is 2. The first-order valence-electron chi connectivity index (χ1n) is 9.78. The van der Waals surface area contributed by atoms with Crippen LogP contribution in [-0.2, 0) is 16.1 Å². The molecule has 0 aromatic carbocycles. The van der Waals surface area contributed by atoms with Gasteiger partial charge in [0, 0.05) is 32.4 Å². The Bertz CT molecular complexity index is 1160. The number of carbonyl (C=O) groups excluding carboxylic acids is 2. The van der Waals surface area contributed by atoms with Crippen LogP contribution < -0.4 is 10.9 Å². The number of likely N-dealkylation sites (tertiary alicyclic amines) is 1. The van der Waals surface area contributed by atoms with Crippen LogP contribution in [0.25, 0.3) is 5.52 Å². The Morgan fingerprint density at radius 2 is 2.07 bits per heavy atom. The number of fused-ring (bicyclic) bond motifs is 1. The van der Waals surface area contributed by atoms with Crippen molar-refractivity contribution in [3.05, 3.63) is 52.6 Å². The molecule has 0 saturated carbocycles. The van der Waals surface area contributed by atoms with Gasteiger partial charge in [-0.2, -0.15) is 5.10 Å². The Balaban J connectivity index is 1.69. The minimum Gasteiger partial charge on any atom is -0.341 e. The SMILES string of the molecule is CC(=O)N1CC(c2nn(CC(=O)Nc3ccncn3)c(=O)c3cc(C(C)C)cn23)C1. The summed E-state index contributed by atoms with van der Waals surface area (Å²) in [5, 5.41) is 7.14. The van der Waals surface area contributed by atoms with Crippen molar-refractivity contribution in [3.63, 3.8) is 0 Å². The largest absolute Gasteiger partial charge is 0.341 e. The van der Waals surface area contributed by atoms with Gasteiger partial charge in [0.1, 0.15) is 30.0 Å². The van der Waals surface area contributed by atoms with Crippen LogP contribution in [0.1, 0.15) is 44.0 Å². The highest BCUT2D eigenvalue weighted by atomic mass is 16.2. The summed E-state index contributed by atoms with van der Waals surface area (Å²) < 4.78 is 2.99. The van der Waals surface area contributed by atoms with Gasteiger partial charge < -0.3 is 10.2 Å². The number of anilines is 1. The maximum Gasteiger partial charge on any atom is 0.291 e. The molecule has 4 rings (SSSR count). The molecule has 1 N–H and O–H groups in total. The van der Waals surface area contributed by atoms with E-state index in [1.54, 1.807) is 15.4 Å². The number of nitrogens with zero attached hydrogens (tertiary/aromatic N) is 6. The first-order valence-corrected chi connectivity index (χ1v) is 9.78. The van der Waals surface area contributed by atoms with Crippen molar-refractivity contribution in [1.29, 1.82) is 0 Å². The third kappa shape index (κ3) is 3.68. The van der Waals surface area contributed by atoms with E-state index in [2.05, 4.69) is 34.2 Å². The van der Waals surface area contributed by atoms with Crippen LogP contribution in [0.4, 0.5) is 5.82 Å². The highest BCUT2D eigenvalue weighted by molar-refractivity contribution is 5.89. The van der Waals surface area contributed by atoms with Crippen molar-refractivity contribution in [2.75, 3.05) is 18.4 Å². The van der Waals surface area contributed by atoms with Crippen molar-refractivity contribution in [2.45, 2.75) is 39.2 Å². The first kappa shape index (κ1) is 19.7. The van der Waals surface area contributed by atoms with Gasteiger partial charge in [0.05, 0.1) is 5.92 Å². The van der Waals surface area contributed by atoms with E-state index in [-0.39, 0.29) is 29.8 Å². The molecule has 1 saturated heterocycles. The first-order chi connectivity index (χ1) is 14.3. The summed E-state index contributed by atoms with van der Waals surface area (Å²) in [4.78, 5) is 46.5. The monoisotopic (exact) mass is 409 g/mol. The zero-order valence-corrected chi connectivity index (χ0v) is 17.1. The summed E-state index contributed by atoms with van der Waals surface area (Å²) in [6.45, 7) is 6.48. The third-order valence-corrected chi connectivity index (χ3v) is 5.27. The highest BCUT2D eigenvalue weighted by Gasteiger charge is 2.33. The molecule has 0 aliphatic carbocycles. The van der Waals surface area contributed by atoms with E-state index in [1.807, 2.05) is 12.3 Å². The maximum absolute atomic E-state index is 13.0. The molecule has 1 aliphatic heterocycles. The topological polar surface area (TPSA) is 114 Å². The minimum atomic E-state index is -0.409. The summed E-state index contributed by atoms with van der Waals surface area (Å²) in [7, 11) is 0. The van der Waals surface area contributed by atoms with E-state index < -0.39 is 5.91 Å². The molecular formula is C20H23N7O3. The summed E-state index contributed by atoms with van der Waals surface area (Å²) in [6.07, 6.45) is 4.77. The molecule has 10 nitrogen and oxygen atoms in total. The summed E-state index contributed by atoms with van der Waals surface area (Å²) >= 11 is 0. The molecule has 0 atom stereocenters. The van der Waals surface area contributed by atoms with Crippen LogP contribution in [0.2, 0.25) is 0 Å². The second-order valence-corrected chi connectivity index (χ2v) is 7.77. The van der Waals surface area contributed by atoms with Gasteiger partial charge in [-0.1, -0.05) is 13.8 Å². The molecule has 156 valence electrons. The van der Waals surface area contributed by atoms with Crippen molar-refractivity contribution < 1.29 is 9.59 Å². The van der Waals surface area contributed by atoms with Crippen molar-refractivity contribution in [2.24, 2.45) is 0 Å². The summed E-state index contributed by atoms with van der Waals surface area (Å²) in [5.74, 6) is 0.861. The lowest BCUT2D eigenvalue weighted by atomic mass is 9.99. The molecule has 0 spiro atoms. The second-order valence-electron chi connectivity index (χ2n) is 7.77. The molecular weight excluding hydrogens is 386 g/mol. The van der Waals surface area contributed by atoms with E-state index in [0.717, 1.165) is 5.56 Å². The molecule has 3 aromatic rings. The van der Waals surface area contributed by atoms with Crippen LogP contribution in [0.15, 0.2) is 35.6 Å². The lowest BCUT2D eigenvalue weighted by molar-refractivity contribution is -0.133. The Morgan fingerprint density at radius 3 is 2.70 bits per heavy atom. The zero-order valence-electron chi connectivity index (χ0n) is 17.1. The third-order valence-electron chi connectivity index (χ3n) is 5.27. The predicted octanol–water partition coefficient (Wildman–Crippen LogP) is 0.994. The minimum absolute atomic E-state index is 0.000544. The van der Waals surface area contributed by atoms with E-state index in [1.165, 1.54) is 24.1 Å². The van der Waals surface area contributed by atoms with Crippen molar-refractivity contribution >= 4 is 23.1 Å². The van der Waals surface area contributed by atoms with Gasteiger partial charge in [0.25, 0.3) is 5.56 Å². The molecule has 4 heterocycles. The highest BCUT2D eigenvalue weighted by Crippen LogP contribution is 2.27. The summed E-state index contributed by atoms with van der Waals surface area (Å²) in [5.41, 5.74) is 1.15. The maximum atomic E-state index is 13.0. The molecule has 3 aromatic heterocycles. The van der Waals surface area contributed by atoms with Crippen LogP contribution in [0.3, 0.4) is 0 Å².